The van der Waals surface area contributed by atoms with E-state index >= 15 is 0 Å². The van der Waals surface area contributed by atoms with Crippen molar-refractivity contribution in [2.24, 2.45) is 5.73 Å². The summed E-state index contributed by atoms with van der Waals surface area (Å²) in [6.45, 7) is 0. The molecule has 4 amide bonds. The van der Waals surface area contributed by atoms with Gasteiger partial charge in [0.1, 0.15) is 12.1 Å². The number of likely N-dealkylation sites (tertiary alicyclic amines) is 1. The van der Waals surface area contributed by atoms with Crippen LogP contribution in [-0.2, 0) is 20.8 Å². The standard InChI is InChI=1S/C20H19N3O4/c21-18(25)16(11-13-7-3-1-4-8-13)23-17(24)12-15(20(23)27)22-19(26)14-9-5-2-6-10-14/h1-10,15-16H,11-12H2,(H2,21,25)(H,22,26)/t15-,16-/m0/s1. The van der Waals surface area contributed by atoms with Gasteiger partial charge in [-0.2, -0.15) is 0 Å². The Bertz CT molecular complexity index is 867. The first-order valence-electron chi connectivity index (χ1n) is 8.52. The predicted molar refractivity (Wildman–Crippen MR) is 97.3 cm³/mol. The first kappa shape index (κ1) is 18.3. The normalized spacial score (nSPS) is 17.6. The highest BCUT2D eigenvalue weighted by Crippen LogP contribution is 2.20. The van der Waals surface area contributed by atoms with Crippen LogP contribution >= 0.6 is 0 Å². The summed E-state index contributed by atoms with van der Waals surface area (Å²) in [4.78, 5) is 50.2. The number of carbonyl (C=O) groups is 4. The van der Waals surface area contributed by atoms with E-state index in [1.165, 1.54) is 0 Å². The highest BCUT2D eigenvalue weighted by Gasteiger charge is 2.44. The molecule has 1 fully saturated rings. The summed E-state index contributed by atoms with van der Waals surface area (Å²) in [5.74, 6) is -2.38. The predicted octanol–water partition coefficient (Wildman–Crippen LogP) is 0.640. The van der Waals surface area contributed by atoms with E-state index < -0.39 is 35.7 Å². The SMILES string of the molecule is NC(=O)[C@H](Cc1ccccc1)N1C(=O)C[C@H](NC(=O)c2ccccc2)C1=O. The second-order valence-corrected chi connectivity index (χ2v) is 6.31. The molecule has 7 nitrogen and oxygen atoms in total. The summed E-state index contributed by atoms with van der Waals surface area (Å²) in [7, 11) is 0. The molecule has 0 saturated carbocycles. The minimum atomic E-state index is -1.09. The van der Waals surface area contributed by atoms with Gasteiger partial charge in [0.05, 0.1) is 6.42 Å². The van der Waals surface area contributed by atoms with Crippen LogP contribution in [0.2, 0.25) is 0 Å². The molecule has 2 atom stereocenters. The number of hydrogen-bond acceptors (Lipinski definition) is 4. The van der Waals surface area contributed by atoms with E-state index in [-0.39, 0.29) is 12.8 Å². The van der Waals surface area contributed by atoms with Crippen LogP contribution in [0.1, 0.15) is 22.3 Å². The molecule has 2 aromatic rings. The van der Waals surface area contributed by atoms with Crippen molar-refractivity contribution in [1.82, 2.24) is 10.2 Å². The van der Waals surface area contributed by atoms with Gasteiger partial charge < -0.3 is 11.1 Å². The Hall–Kier alpha value is -3.48. The average molecular weight is 365 g/mol. The Morgan fingerprint density at radius 1 is 1.04 bits per heavy atom. The van der Waals surface area contributed by atoms with Gasteiger partial charge in [0.2, 0.25) is 11.8 Å². The molecule has 1 saturated heterocycles. The van der Waals surface area contributed by atoms with Crippen molar-refractivity contribution in [2.75, 3.05) is 0 Å². The van der Waals surface area contributed by atoms with E-state index in [4.69, 9.17) is 5.73 Å². The van der Waals surface area contributed by atoms with Gasteiger partial charge in [-0.05, 0) is 17.7 Å². The van der Waals surface area contributed by atoms with Crippen LogP contribution < -0.4 is 11.1 Å². The zero-order chi connectivity index (χ0) is 19.4. The Balaban J connectivity index is 1.75. The van der Waals surface area contributed by atoms with Crippen LogP contribution in [0, 0.1) is 0 Å². The third-order valence-corrected chi connectivity index (χ3v) is 4.44. The van der Waals surface area contributed by atoms with Crippen molar-refractivity contribution in [1.29, 1.82) is 0 Å². The number of imide groups is 1. The number of nitrogens with two attached hydrogens (primary N) is 1. The quantitative estimate of drug-likeness (QED) is 0.732. The number of primary amides is 1. The second kappa shape index (κ2) is 7.82. The van der Waals surface area contributed by atoms with E-state index in [1.807, 2.05) is 6.07 Å². The summed E-state index contributed by atoms with van der Waals surface area (Å²) in [6.07, 6.45) is -0.0665. The average Bonchev–Trinajstić information content (AvgIpc) is 2.94. The lowest BCUT2D eigenvalue weighted by molar-refractivity contribution is -0.146. The Kier molecular flexibility index (Phi) is 5.30. The minimum Gasteiger partial charge on any atom is -0.368 e. The molecular weight excluding hydrogens is 346 g/mol. The third kappa shape index (κ3) is 4.03. The fourth-order valence-corrected chi connectivity index (χ4v) is 3.08. The first-order chi connectivity index (χ1) is 13.0. The monoisotopic (exact) mass is 365 g/mol. The van der Waals surface area contributed by atoms with Crippen LogP contribution in [-0.4, -0.2) is 40.6 Å². The van der Waals surface area contributed by atoms with Crippen LogP contribution in [0.25, 0.3) is 0 Å². The molecule has 1 aliphatic heterocycles. The zero-order valence-electron chi connectivity index (χ0n) is 14.5. The molecule has 0 spiro atoms. The van der Waals surface area contributed by atoms with Crippen molar-refractivity contribution < 1.29 is 19.2 Å². The third-order valence-electron chi connectivity index (χ3n) is 4.44. The van der Waals surface area contributed by atoms with Gasteiger partial charge in [-0.25, -0.2) is 0 Å². The molecule has 0 radical (unpaired) electrons. The van der Waals surface area contributed by atoms with Crippen LogP contribution in [0.15, 0.2) is 60.7 Å². The first-order valence-corrected chi connectivity index (χ1v) is 8.52. The molecule has 1 heterocycles. The largest absolute Gasteiger partial charge is 0.368 e. The molecule has 0 unspecified atom stereocenters. The van der Waals surface area contributed by atoms with Crippen molar-refractivity contribution in [3.05, 3.63) is 71.8 Å². The number of benzene rings is 2. The summed E-state index contributed by atoms with van der Waals surface area (Å²) in [6, 6.07) is 15.3. The van der Waals surface area contributed by atoms with Gasteiger partial charge in [0.25, 0.3) is 11.8 Å². The molecule has 7 heteroatoms. The molecule has 3 rings (SSSR count). The summed E-state index contributed by atoms with van der Waals surface area (Å²) < 4.78 is 0. The van der Waals surface area contributed by atoms with Gasteiger partial charge >= 0.3 is 0 Å². The molecule has 1 aliphatic rings. The maximum atomic E-state index is 12.7. The van der Waals surface area contributed by atoms with Crippen LogP contribution in [0.5, 0.6) is 0 Å². The number of nitrogens with one attached hydrogen (secondary N) is 1. The van der Waals surface area contributed by atoms with Gasteiger partial charge in [0, 0.05) is 12.0 Å². The molecule has 0 aliphatic carbocycles. The maximum Gasteiger partial charge on any atom is 0.253 e. The van der Waals surface area contributed by atoms with Gasteiger partial charge in [0.15, 0.2) is 0 Å². The Morgan fingerprint density at radius 2 is 1.63 bits per heavy atom. The summed E-state index contributed by atoms with van der Waals surface area (Å²) in [5.41, 5.74) is 6.61. The fraction of sp³-hybridized carbons (Fsp3) is 0.200. The van der Waals surface area contributed by atoms with Crippen molar-refractivity contribution in [2.45, 2.75) is 24.9 Å². The lowest BCUT2D eigenvalue weighted by Crippen LogP contribution is -2.51. The van der Waals surface area contributed by atoms with Crippen LogP contribution in [0.4, 0.5) is 0 Å². The molecule has 0 aromatic heterocycles. The molecule has 3 N–H and O–H groups in total. The topological polar surface area (TPSA) is 110 Å². The fourth-order valence-electron chi connectivity index (χ4n) is 3.08. The van der Waals surface area contributed by atoms with E-state index in [9.17, 15) is 19.2 Å². The number of hydrogen-bond donors (Lipinski definition) is 2. The molecular formula is C20H19N3O4. The Morgan fingerprint density at radius 3 is 2.22 bits per heavy atom. The van der Waals surface area contributed by atoms with Crippen molar-refractivity contribution in [3.8, 4) is 0 Å². The highest BCUT2D eigenvalue weighted by molar-refractivity contribution is 6.10. The molecule has 27 heavy (non-hydrogen) atoms. The Labute approximate surface area is 156 Å². The lowest BCUT2D eigenvalue weighted by atomic mass is 10.0. The van der Waals surface area contributed by atoms with Crippen molar-refractivity contribution in [3.63, 3.8) is 0 Å². The number of nitrogens with zero attached hydrogens (tertiary/aromatic N) is 1. The summed E-state index contributed by atoms with van der Waals surface area (Å²) in [5, 5.41) is 2.56. The second-order valence-electron chi connectivity index (χ2n) is 6.31. The zero-order valence-corrected chi connectivity index (χ0v) is 14.5. The molecule has 138 valence electrons. The maximum absolute atomic E-state index is 12.7. The number of carbonyl (C=O) groups excluding carboxylic acids is 4. The minimum absolute atomic E-state index is 0.132. The van der Waals surface area contributed by atoms with E-state index in [0.717, 1.165) is 10.5 Å². The van der Waals surface area contributed by atoms with E-state index in [1.54, 1.807) is 54.6 Å². The van der Waals surface area contributed by atoms with E-state index in [2.05, 4.69) is 5.32 Å². The van der Waals surface area contributed by atoms with Gasteiger partial charge in [-0.1, -0.05) is 48.5 Å². The van der Waals surface area contributed by atoms with Gasteiger partial charge in [-0.3, -0.25) is 24.1 Å². The smallest absolute Gasteiger partial charge is 0.253 e. The van der Waals surface area contributed by atoms with E-state index in [0.29, 0.717) is 5.56 Å². The molecule has 2 aromatic carbocycles. The summed E-state index contributed by atoms with van der Waals surface area (Å²) >= 11 is 0. The van der Waals surface area contributed by atoms with Crippen LogP contribution in [0.3, 0.4) is 0 Å². The van der Waals surface area contributed by atoms with Gasteiger partial charge in [-0.15, -0.1) is 0 Å². The van der Waals surface area contributed by atoms with Crippen molar-refractivity contribution >= 4 is 23.6 Å². The number of rotatable bonds is 6. The molecule has 0 bridgehead atoms. The lowest BCUT2D eigenvalue weighted by Gasteiger charge is -2.24. The number of amides is 4. The highest BCUT2D eigenvalue weighted by atomic mass is 16.2.